The van der Waals surface area contributed by atoms with Gasteiger partial charge in [0.05, 0.1) is 18.6 Å². The van der Waals surface area contributed by atoms with Gasteiger partial charge < -0.3 is 5.11 Å². The molecule has 0 bridgehead atoms. The van der Waals surface area contributed by atoms with Crippen molar-refractivity contribution >= 4 is 0 Å². The second kappa shape index (κ2) is 5.91. The van der Waals surface area contributed by atoms with E-state index in [1.54, 1.807) is 0 Å². The normalized spacial score (nSPS) is 29.8. The lowest BCUT2D eigenvalue weighted by molar-refractivity contribution is -0.207. The molecule has 0 amide bonds. The van der Waals surface area contributed by atoms with E-state index in [4.69, 9.17) is 0 Å². The van der Waals surface area contributed by atoms with E-state index in [1.165, 1.54) is 14.0 Å². The van der Waals surface area contributed by atoms with Gasteiger partial charge in [0.15, 0.2) is 0 Å². The zero-order chi connectivity index (χ0) is 14.8. The molecule has 1 N–H and O–H groups in total. The molecule has 0 saturated heterocycles. The fourth-order valence-corrected chi connectivity index (χ4v) is 2.59. The molecule has 0 radical (unpaired) electrons. The molecule has 3 atom stereocenters. The Balaban J connectivity index is 2.79. The van der Waals surface area contributed by atoms with Gasteiger partial charge in [-0.15, -0.1) is 0 Å². The van der Waals surface area contributed by atoms with Gasteiger partial charge in [-0.25, -0.2) is 8.78 Å². The van der Waals surface area contributed by atoms with Crippen LogP contribution in [-0.2, 0) is 0 Å². The first kappa shape index (κ1) is 16.6. The number of hydrogen-bond acceptors (Lipinski definition) is 2. The first-order valence-electron chi connectivity index (χ1n) is 6.39. The van der Waals surface area contributed by atoms with Crippen molar-refractivity contribution < 1.29 is 27.1 Å². The molecule has 0 heterocycles. The fraction of sp³-hybridized carbons (Fsp3) is 1.00. The van der Waals surface area contributed by atoms with Gasteiger partial charge in [0.25, 0.3) is 5.92 Å². The molecule has 0 spiro atoms. The van der Waals surface area contributed by atoms with Gasteiger partial charge in [-0.3, -0.25) is 4.90 Å². The number of aliphatic hydroxyl groups is 1. The Morgan fingerprint density at radius 3 is 2.21 bits per heavy atom. The number of alkyl halides is 5. The van der Waals surface area contributed by atoms with Crippen LogP contribution in [0.4, 0.5) is 22.0 Å². The minimum Gasteiger partial charge on any atom is -0.393 e. The lowest BCUT2D eigenvalue weighted by Gasteiger charge is -2.41. The van der Waals surface area contributed by atoms with Crippen LogP contribution in [0.1, 0.15) is 32.6 Å². The number of nitrogens with zero attached hydrogens (tertiary/aromatic N) is 1. The van der Waals surface area contributed by atoms with Crippen molar-refractivity contribution in [3.05, 3.63) is 0 Å². The van der Waals surface area contributed by atoms with Gasteiger partial charge in [0.2, 0.25) is 0 Å². The van der Waals surface area contributed by atoms with E-state index in [-0.39, 0.29) is 19.3 Å². The molecular formula is C12H20F5NO. The Hall–Kier alpha value is -0.430. The lowest BCUT2D eigenvalue weighted by atomic mass is 9.81. The van der Waals surface area contributed by atoms with Crippen LogP contribution in [0.3, 0.4) is 0 Å². The zero-order valence-corrected chi connectivity index (χ0v) is 11.1. The number of rotatable bonds is 4. The van der Waals surface area contributed by atoms with Crippen LogP contribution in [0.5, 0.6) is 0 Å². The summed E-state index contributed by atoms with van der Waals surface area (Å²) < 4.78 is 65.3. The van der Waals surface area contributed by atoms with Gasteiger partial charge in [-0.05, 0) is 26.3 Å². The van der Waals surface area contributed by atoms with Crippen LogP contribution in [0.15, 0.2) is 0 Å². The third-order valence-corrected chi connectivity index (χ3v) is 3.77. The summed E-state index contributed by atoms with van der Waals surface area (Å²) in [5.74, 6) is -4.65. The lowest BCUT2D eigenvalue weighted by Crippen LogP contribution is -2.51. The maximum atomic E-state index is 13.3. The highest BCUT2D eigenvalue weighted by Gasteiger charge is 2.49. The van der Waals surface area contributed by atoms with Crippen molar-refractivity contribution in [2.45, 2.75) is 56.9 Å². The minimum atomic E-state index is -4.42. The monoisotopic (exact) mass is 289 g/mol. The molecule has 7 heteroatoms. The minimum absolute atomic E-state index is 0.0681. The molecule has 1 rings (SSSR count). The summed E-state index contributed by atoms with van der Waals surface area (Å²) in [6.07, 6.45) is -5.93. The van der Waals surface area contributed by atoms with Crippen LogP contribution in [0.2, 0.25) is 0 Å². The quantitative estimate of drug-likeness (QED) is 0.804. The van der Waals surface area contributed by atoms with E-state index in [0.717, 1.165) is 4.90 Å². The van der Waals surface area contributed by atoms with E-state index in [9.17, 15) is 27.1 Å². The van der Waals surface area contributed by atoms with Crippen LogP contribution in [-0.4, -0.2) is 47.8 Å². The van der Waals surface area contributed by atoms with Crippen molar-refractivity contribution in [2.24, 2.45) is 5.92 Å². The average Bonchev–Trinajstić information content (AvgIpc) is 2.26. The van der Waals surface area contributed by atoms with Crippen molar-refractivity contribution in [3.63, 3.8) is 0 Å². The maximum Gasteiger partial charge on any atom is 0.393 e. The molecule has 1 aliphatic carbocycles. The molecule has 114 valence electrons. The number of halogens is 5. The van der Waals surface area contributed by atoms with E-state index >= 15 is 0 Å². The molecule has 0 aromatic rings. The van der Waals surface area contributed by atoms with E-state index in [0.29, 0.717) is 0 Å². The summed E-state index contributed by atoms with van der Waals surface area (Å²) in [5.41, 5.74) is 0. The molecule has 2 nitrogen and oxygen atoms in total. The molecule has 19 heavy (non-hydrogen) atoms. The van der Waals surface area contributed by atoms with Crippen molar-refractivity contribution in [1.29, 1.82) is 0 Å². The van der Waals surface area contributed by atoms with Gasteiger partial charge >= 0.3 is 6.18 Å². The third kappa shape index (κ3) is 4.56. The van der Waals surface area contributed by atoms with E-state index in [1.807, 2.05) is 0 Å². The first-order valence-corrected chi connectivity index (χ1v) is 6.39. The van der Waals surface area contributed by atoms with Gasteiger partial charge in [-0.2, -0.15) is 13.2 Å². The first-order chi connectivity index (χ1) is 8.57. The Morgan fingerprint density at radius 2 is 1.74 bits per heavy atom. The van der Waals surface area contributed by atoms with Gasteiger partial charge in [-0.1, -0.05) is 6.92 Å². The highest BCUT2D eigenvalue weighted by atomic mass is 19.4. The summed E-state index contributed by atoms with van der Waals surface area (Å²) >= 11 is 0. The summed E-state index contributed by atoms with van der Waals surface area (Å²) in [6, 6.07) is -1.08. The second-order valence-corrected chi connectivity index (χ2v) is 5.31. The smallest absolute Gasteiger partial charge is 0.393 e. The van der Waals surface area contributed by atoms with E-state index < -0.39 is 43.1 Å². The van der Waals surface area contributed by atoms with Gasteiger partial charge in [0, 0.05) is 12.5 Å². The Morgan fingerprint density at radius 1 is 1.16 bits per heavy atom. The van der Waals surface area contributed by atoms with Crippen LogP contribution in [0, 0.1) is 5.92 Å². The summed E-state index contributed by atoms with van der Waals surface area (Å²) in [6.45, 7) is 0.582. The van der Waals surface area contributed by atoms with E-state index in [2.05, 4.69) is 0 Å². The predicted molar refractivity (Wildman–Crippen MR) is 61.1 cm³/mol. The third-order valence-electron chi connectivity index (χ3n) is 3.77. The van der Waals surface area contributed by atoms with Crippen molar-refractivity contribution in [2.75, 3.05) is 13.6 Å². The number of aliphatic hydroxyl groups excluding tert-OH is 1. The molecule has 1 saturated carbocycles. The standard InChI is InChI=1S/C12H20F5NO/c1-3-11(13,14)7-18(2)10-6-8(19)4-5-9(10)12(15,16)17/h8-10,19H,3-7H2,1-2H3. The topological polar surface area (TPSA) is 23.5 Å². The Labute approximate surface area is 109 Å². The van der Waals surface area contributed by atoms with Crippen molar-refractivity contribution in [3.8, 4) is 0 Å². The molecule has 1 aliphatic rings. The van der Waals surface area contributed by atoms with Crippen molar-refractivity contribution in [1.82, 2.24) is 4.90 Å². The number of hydrogen-bond donors (Lipinski definition) is 1. The SMILES string of the molecule is CCC(F)(F)CN(C)C1CC(O)CCC1C(F)(F)F. The molecular weight excluding hydrogens is 269 g/mol. The summed E-state index contributed by atoms with van der Waals surface area (Å²) in [5, 5.41) is 9.49. The van der Waals surface area contributed by atoms with Gasteiger partial charge in [0.1, 0.15) is 0 Å². The average molecular weight is 289 g/mol. The highest BCUT2D eigenvalue weighted by molar-refractivity contribution is 4.90. The molecule has 0 aliphatic heterocycles. The largest absolute Gasteiger partial charge is 0.393 e. The maximum absolute atomic E-state index is 13.3. The Kier molecular flexibility index (Phi) is 5.17. The fourth-order valence-electron chi connectivity index (χ4n) is 2.59. The zero-order valence-electron chi connectivity index (χ0n) is 11.1. The predicted octanol–water partition coefficient (Wildman–Crippen LogP) is 3.06. The highest BCUT2D eigenvalue weighted by Crippen LogP contribution is 2.40. The molecule has 3 unspecified atom stereocenters. The molecule has 1 fully saturated rings. The summed E-state index contributed by atoms with van der Waals surface area (Å²) in [4.78, 5) is 1.05. The molecule has 0 aromatic carbocycles. The summed E-state index contributed by atoms with van der Waals surface area (Å²) in [7, 11) is 1.27. The van der Waals surface area contributed by atoms with Crippen LogP contribution >= 0.6 is 0 Å². The van der Waals surface area contributed by atoms with Crippen LogP contribution in [0.25, 0.3) is 0 Å². The van der Waals surface area contributed by atoms with Crippen LogP contribution < -0.4 is 0 Å². The Bertz CT molecular complexity index is 294. The second-order valence-electron chi connectivity index (χ2n) is 5.31. The molecule has 0 aromatic heterocycles.